The predicted molar refractivity (Wildman–Crippen MR) is 115 cm³/mol. The van der Waals surface area contributed by atoms with Crippen LogP contribution in [0.25, 0.3) is 22.3 Å². The second-order valence-corrected chi connectivity index (χ2v) is 7.96. The number of nitrogen functional groups attached to an aromatic ring is 1. The molecule has 0 saturated carbocycles. The fourth-order valence-corrected chi connectivity index (χ4v) is 4.06. The van der Waals surface area contributed by atoms with Crippen LogP contribution in [0.4, 0.5) is 32.6 Å². The molecular formula is C22H15F5N6O3. The Morgan fingerprint density at radius 2 is 1.78 bits per heavy atom. The van der Waals surface area contributed by atoms with Crippen molar-refractivity contribution in [1.29, 1.82) is 0 Å². The summed E-state index contributed by atoms with van der Waals surface area (Å²) in [5, 5.41) is 13.9. The van der Waals surface area contributed by atoms with Gasteiger partial charge in [-0.1, -0.05) is 0 Å². The molecule has 9 nitrogen and oxygen atoms in total. The summed E-state index contributed by atoms with van der Waals surface area (Å²) < 4.78 is 76.3. The van der Waals surface area contributed by atoms with Crippen LogP contribution in [0.1, 0.15) is 12.5 Å². The summed E-state index contributed by atoms with van der Waals surface area (Å²) in [6, 6.07) is 2.67. The number of fused-ring (bicyclic) bond motifs is 1. The van der Waals surface area contributed by atoms with E-state index in [9.17, 15) is 27.5 Å². The number of likely N-dealkylation sites (tertiary alicyclic amines) is 1. The summed E-state index contributed by atoms with van der Waals surface area (Å²) in [4.78, 5) is 20.6. The second-order valence-electron chi connectivity index (χ2n) is 7.96. The van der Waals surface area contributed by atoms with Crippen LogP contribution >= 0.6 is 0 Å². The minimum absolute atomic E-state index is 0.00607. The summed E-state index contributed by atoms with van der Waals surface area (Å²) in [5.41, 5.74) is 6.21. The first kappa shape index (κ1) is 23.3. The molecule has 1 saturated heterocycles. The van der Waals surface area contributed by atoms with Crippen molar-refractivity contribution in [3.8, 4) is 22.8 Å². The molecular weight excluding hydrogens is 491 g/mol. The van der Waals surface area contributed by atoms with Crippen LogP contribution in [-0.4, -0.2) is 48.9 Å². The minimum Gasteiger partial charge on any atom is -0.465 e. The monoisotopic (exact) mass is 506 g/mol. The molecule has 5 rings (SSSR count). The summed E-state index contributed by atoms with van der Waals surface area (Å²) in [7, 11) is 0. The molecule has 0 radical (unpaired) electrons. The number of halogens is 5. The number of amides is 1. The SMILES string of the molecule is Nc1ncnc2c1c(-c1ccc(Oc3c(F)c(F)cc(F)c3F)cc1F)nn2[C@@H]1CCN(C(=O)O)C1. The van der Waals surface area contributed by atoms with Crippen LogP contribution < -0.4 is 10.5 Å². The lowest BCUT2D eigenvalue weighted by molar-refractivity contribution is 0.154. The smallest absolute Gasteiger partial charge is 0.407 e. The number of ether oxygens (including phenoxy) is 1. The van der Waals surface area contributed by atoms with Gasteiger partial charge in [-0.3, -0.25) is 0 Å². The Morgan fingerprint density at radius 3 is 2.42 bits per heavy atom. The van der Waals surface area contributed by atoms with Crippen molar-refractivity contribution >= 4 is 22.9 Å². The molecule has 1 aliphatic rings. The maximum atomic E-state index is 15.2. The van der Waals surface area contributed by atoms with Crippen molar-refractivity contribution in [1.82, 2.24) is 24.6 Å². The number of rotatable bonds is 4. The first-order valence-corrected chi connectivity index (χ1v) is 10.4. The maximum Gasteiger partial charge on any atom is 0.407 e. The van der Waals surface area contributed by atoms with E-state index in [1.807, 2.05) is 0 Å². The topological polar surface area (TPSA) is 119 Å². The third-order valence-electron chi connectivity index (χ3n) is 5.79. The highest BCUT2D eigenvalue weighted by atomic mass is 19.2. The van der Waals surface area contributed by atoms with Gasteiger partial charge < -0.3 is 20.5 Å². The van der Waals surface area contributed by atoms with Gasteiger partial charge in [-0.2, -0.15) is 13.9 Å². The zero-order valence-electron chi connectivity index (χ0n) is 18.1. The molecule has 1 amide bonds. The number of hydrogen-bond acceptors (Lipinski definition) is 6. The Kier molecular flexibility index (Phi) is 5.57. The van der Waals surface area contributed by atoms with E-state index >= 15 is 4.39 Å². The fraction of sp³-hybridized carbons (Fsp3) is 0.182. The first-order chi connectivity index (χ1) is 17.2. The summed E-state index contributed by atoms with van der Waals surface area (Å²) in [6.07, 6.45) is 0.539. The van der Waals surface area contributed by atoms with Gasteiger partial charge in [-0.05, 0) is 18.6 Å². The van der Waals surface area contributed by atoms with Gasteiger partial charge in [0.25, 0.3) is 0 Å². The van der Waals surface area contributed by atoms with E-state index in [4.69, 9.17) is 10.5 Å². The molecule has 1 aliphatic heterocycles. The largest absolute Gasteiger partial charge is 0.465 e. The van der Waals surface area contributed by atoms with Gasteiger partial charge in [-0.25, -0.2) is 32.6 Å². The summed E-state index contributed by atoms with van der Waals surface area (Å²) in [5.74, 6) is -9.69. The fourth-order valence-electron chi connectivity index (χ4n) is 4.06. The van der Waals surface area contributed by atoms with Crippen LogP contribution in [0, 0.1) is 29.1 Å². The van der Waals surface area contributed by atoms with E-state index in [2.05, 4.69) is 15.1 Å². The average Bonchev–Trinajstić information content (AvgIpc) is 3.47. The second kappa shape index (κ2) is 8.62. The molecule has 2 aromatic heterocycles. The number of nitrogens with two attached hydrogens (primary N) is 1. The summed E-state index contributed by atoms with van der Waals surface area (Å²) >= 11 is 0. The van der Waals surface area contributed by atoms with Crippen molar-refractivity contribution in [3.05, 3.63) is 59.7 Å². The Balaban J connectivity index is 1.55. The minimum atomic E-state index is -1.78. The molecule has 186 valence electrons. The summed E-state index contributed by atoms with van der Waals surface area (Å²) in [6.45, 7) is 0.400. The third kappa shape index (κ3) is 3.79. The normalized spacial score (nSPS) is 15.6. The van der Waals surface area contributed by atoms with E-state index < -0.39 is 52.7 Å². The third-order valence-corrected chi connectivity index (χ3v) is 5.79. The lowest BCUT2D eigenvalue weighted by Crippen LogP contribution is -2.27. The number of nitrogens with zero attached hydrogens (tertiary/aromatic N) is 5. The van der Waals surface area contributed by atoms with Crippen molar-refractivity contribution in [2.24, 2.45) is 0 Å². The lowest BCUT2D eigenvalue weighted by Gasteiger charge is -2.13. The van der Waals surface area contributed by atoms with Gasteiger partial charge in [0, 0.05) is 30.8 Å². The zero-order chi connectivity index (χ0) is 25.7. The number of carbonyl (C=O) groups is 1. The van der Waals surface area contributed by atoms with Crippen LogP contribution in [-0.2, 0) is 0 Å². The Labute approximate surface area is 198 Å². The highest BCUT2D eigenvalue weighted by Crippen LogP contribution is 2.37. The van der Waals surface area contributed by atoms with Crippen LogP contribution in [0.5, 0.6) is 11.5 Å². The van der Waals surface area contributed by atoms with E-state index in [0.29, 0.717) is 6.42 Å². The van der Waals surface area contributed by atoms with Crippen molar-refractivity contribution in [3.63, 3.8) is 0 Å². The maximum absolute atomic E-state index is 15.2. The van der Waals surface area contributed by atoms with Gasteiger partial charge in [-0.15, -0.1) is 0 Å². The Hall–Kier alpha value is -4.49. The van der Waals surface area contributed by atoms with Crippen molar-refractivity contribution < 1.29 is 36.6 Å². The molecule has 0 unspecified atom stereocenters. The highest BCUT2D eigenvalue weighted by Gasteiger charge is 2.31. The highest BCUT2D eigenvalue weighted by molar-refractivity contribution is 5.98. The molecule has 3 N–H and O–H groups in total. The van der Waals surface area contributed by atoms with Gasteiger partial charge in [0.15, 0.2) is 17.3 Å². The molecule has 0 spiro atoms. The molecule has 4 aromatic rings. The predicted octanol–water partition coefficient (Wildman–Crippen LogP) is 4.49. The first-order valence-electron chi connectivity index (χ1n) is 10.4. The Morgan fingerprint density at radius 1 is 1.06 bits per heavy atom. The van der Waals surface area contributed by atoms with E-state index in [-0.39, 0.29) is 47.3 Å². The number of benzene rings is 2. The van der Waals surface area contributed by atoms with Crippen LogP contribution in [0.3, 0.4) is 0 Å². The molecule has 3 heterocycles. The quantitative estimate of drug-likeness (QED) is 0.309. The van der Waals surface area contributed by atoms with Crippen molar-refractivity contribution in [2.75, 3.05) is 18.8 Å². The van der Waals surface area contributed by atoms with Gasteiger partial charge in [0.05, 0.1) is 11.4 Å². The molecule has 36 heavy (non-hydrogen) atoms. The van der Waals surface area contributed by atoms with Gasteiger partial charge >= 0.3 is 6.09 Å². The number of anilines is 1. The van der Waals surface area contributed by atoms with Crippen LogP contribution in [0.15, 0.2) is 30.6 Å². The van der Waals surface area contributed by atoms with Crippen LogP contribution in [0.2, 0.25) is 0 Å². The zero-order valence-corrected chi connectivity index (χ0v) is 18.1. The molecule has 2 aromatic carbocycles. The standard InChI is InChI=1S/C22H15F5N6O3/c23-12-5-10(36-19-16(26)13(24)6-14(25)17(19)27)1-2-11(12)18-15-20(28)29-8-30-21(15)33(31-18)9-3-4-32(7-9)22(34)35/h1-2,5-6,8-9H,3-4,7H2,(H,34,35)(H2,28,29,30)/t9-/m1/s1. The molecule has 0 bridgehead atoms. The van der Waals surface area contributed by atoms with Gasteiger partial charge in [0.1, 0.15) is 29.4 Å². The average molecular weight is 506 g/mol. The van der Waals surface area contributed by atoms with E-state index in [1.54, 1.807) is 0 Å². The Bertz CT molecular complexity index is 1500. The van der Waals surface area contributed by atoms with E-state index in [0.717, 1.165) is 12.1 Å². The lowest BCUT2D eigenvalue weighted by atomic mass is 10.1. The molecule has 14 heteroatoms. The molecule has 1 atom stereocenters. The van der Waals surface area contributed by atoms with Crippen molar-refractivity contribution in [2.45, 2.75) is 12.5 Å². The molecule has 1 fully saturated rings. The number of carboxylic acid groups (broad SMARTS) is 1. The molecule has 0 aliphatic carbocycles. The van der Waals surface area contributed by atoms with E-state index in [1.165, 1.54) is 22.0 Å². The number of aromatic nitrogens is 4. The van der Waals surface area contributed by atoms with Gasteiger partial charge in [0.2, 0.25) is 17.4 Å². The number of hydrogen-bond donors (Lipinski definition) is 2.